The van der Waals surface area contributed by atoms with Crippen molar-refractivity contribution in [2.24, 2.45) is 0 Å². The summed E-state index contributed by atoms with van der Waals surface area (Å²) in [6.07, 6.45) is 2.16. The number of carbonyl (C=O) groups is 2. The zero-order valence-corrected chi connectivity index (χ0v) is 17.8. The highest BCUT2D eigenvalue weighted by atomic mass is 16.4. The number of carbonyl (C=O) groups excluding carboxylic acids is 1. The maximum atomic E-state index is 13.3. The van der Waals surface area contributed by atoms with Crippen LogP contribution in [0.1, 0.15) is 49.3 Å². The van der Waals surface area contributed by atoms with E-state index >= 15 is 0 Å². The normalized spacial score (nSPS) is 12.2. The maximum Gasteiger partial charge on any atom is 0.326 e. The van der Waals surface area contributed by atoms with E-state index < -0.39 is 17.4 Å². The number of unbranched alkanes of at least 4 members (excludes halogenated alkanes) is 1. The molecule has 31 heavy (non-hydrogen) atoms. The molecule has 4 heteroatoms. The molecule has 0 saturated carbocycles. The molecule has 0 fully saturated rings. The number of hydrogen-bond acceptors (Lipinski definition) is 2. The van der Waals surface area contributed by atoms with Crippen LogP contribution in [0, 0.1) is 0 Å². The summed E-state index contributed by atoms with van der Waals surface area (Å²) >= 11 is 0. The van der Waals surface area contributed by atoms with Gasteiger partial charge < -0.3 is 10.4 Å². The van der Waals surface area contributed by atoms with E-state index in [0.29, 0.717) is 6.42 Å². The third-order valence-corrected chi connectivity index (χ3v) is 5.71. The Hall–Kier alpha value is -3.40. The summed E-state index contributed by atoms with van der Waals surface area (Å²) in [6.45, 7) is 2.01. The highest BCUT2D eigenvalue weighted by Crippen LogP contribution is 2.42. The van der Waals surface area contributed by atoms with Gasteiger partial charge in [-0.2, -0.15) is 0 Å². The monoisotopic (exact) mass is 415 g/mol. The number of amides is 1. The van der Waals surface area contributed by atoms with Crippen LogP contribution in [0.25, 0.3) is 0 Å². The van der Waals surface area contributed by atoms with Gasteiger partial charge in [0.25, 0.3) is 0 Å². The molecule has 0 aliphatic heterocycles. The summed E-state index contributed by atoms with van der Waals surface area (Å²) in [4.78, 5) is 25.0. The van der Waals surface area contributed by atoms with Gasteiger partial charge in [0.15, 0.2) is 0 Å². The van der Waals surface area contributed by atoms with E-state index in [-0.39, 0.29) is 12.3 Å². The number of nitrogens with one attached hydrogen (secondary N) is 1. The van der Waals surface area contributed by atoms with Crippen molar-refractivity contribution in [1.82, 2.24) is 5.32 Å². The molecule has 0 aliphatic carbocycles. The molecular weight excluding hydrogens is 386 g/mol. The average molecular weight is 416 g/mol. The quantitative estimate of drug-likeness (QED) is 0.449. The molecule has 160 valence electrons. The van der Waals surface area contributed by atoms with Crippen molar-refractivity contribution in [3.8, 4) is 0 Å². The van der Waals surface area contributed by atoms with Gasteiger partial charge in [0.1, 0.15) is 6.04 Å². The van der Waals surface area contributed by atoms with Gasteiger partial charge >= 0.3 is 5.97 Å². The van der Waals surface area contributed by atoms with Crippen LogP contribution in [0.3, 0.4) is 0 Å². The Morgan fingerprint density at radius 3 is 1.58 bits per heavy atom. The second kappa shape index (κ2) is 10.6. The minimum Gasteiger partial charge on any atom is -0.480 e. The van der Waals surface area contributed by atoms with Crippen molar-refractivity contribution >= 4 is 11.9 Å². The number of carboxylic acids is 1. The third-order valence-electron chi connectivity index (χ3n) is 5.71. The Labute approximate surface area is 183 Å². The minimum absolute atomic E-state index is 0.112. The van der Waals surface area contributed by atoms with Crippen molar-refractivity contribution in [2.75, 3.05) is 0 Å². The average Bonchev–Trinajstić information content (AvgIpc) is 2.81. The minimum atomic E-state index is -0.994. The first-order chi connectivity index (χ1) is 15.1. The van der Waals surface area contributed by atoms with Crippen LogP contribution in [0.4, 0.5) is 0 Å². The fourth-order valence-corrected chi connectivity index (χ4v) is 4.13. The molecule has 3 rings (SSSR count). The molecule has 0 bridgehead atoms. The molecule has 0 aromatic heterocycles. The van der Waals surface area contributed by atoms with Gasteiger partial charge in [0, 0.05) is 6.42 Å². The van der Waals surface area contributed by atoms with E-state index in [4.69, 9.17) is 0 Å². The molecule has 1 atom stereocenters. The molecule has 3 aromatic carbocycles. The Balaban J connectivity index is 2.08. The maximum absolute atomic E-state index is 13.3. The smallest absolute Gasteiger partial charge is 0.326 e. The summed E-state index contributed by atoms with van der Waals surface area (Å²) in [5, 5.41) is 12.4. The van der Waals surface area contributed by atoms with Gasteiger partial charge in [0.2, 0.25) is 5.91 Å². The van der Waals surface area contributed by atoms with E-state index in [1.165, 1.54) is 0 Å². The fraction of sp³-hybridized carbons (Fsp3) is 0.259. The van der Waals surface area contributed by atoms with Gasteiger partial charge in [0.05, 0.1) is 5.41 Å². The van der Waals surface area contributed by atoms with Crippen molar-refractivity contribution in [2.45, 2.75) is 44.1 Å². The van der Waals surface area contributed by atoms with Crippen LogP contribution < -0.4 is 5.32 Å². The summed E-state index contributed by atoms with van der Waals surface area (Å²) in [7, 11) is 0. The van der Waals surface area contributed by atoms with Crippen LogP contribution in [-0.2, 0) is 15.0 Å². The predicted octanol–water partition coefficient (Wildman–Crippen LogP) is 5.17. The first-order valence-electron chi connectivity index (χ1n) is 10.8. The summed E-state index contributed by atoms with van der Waals surface area (Å²) in [6, 6.07) is 28.9. The molecule has 3 aromatic rings. The highest BCUT2D eigenvalue weighted by molar-refractivity contribution is 5.85. The molecule has 2 N–H and O–H groups in total. The third kappa shape index (κ3) is 5.21. The number of hydrogen-bond donors (Lipinski definition) is 2. The van der Waals surface area contributed by atoms with E-state index in [1.807, 2.05) is 97.9 Å². The van der Waals surface area contributed by atoms with Gasteiger partial charge in [-0.15, -0.1) is 0 Å². The van der Waals surface area contributed by atoms with Gasteiger partial charge in [-0.05, 0) is 23.1 Å². The standard InChI is InChI=1S/C27H29NO3/c1-2-3-19-24(26(30)31)28-25(29)20-27(21-13-7-4-8-14-21,22-15-9-5-10-16-22)23-17-11-6-12-18-23/h4-18,24H,2-3,19-20H2,1H3,(H,28,29)(H,30,31)/t24-/m0/s1. The number of benzene rings is 3. The molecule has 0 radical (unpaired) electrons. The SMILES string of the molecule is CCCC[C@H](NC(=O)CC(c1ccccc1)(c1ccccc1)c1ccccc1)C(=O)O. The predicted molar refractivity (Wildman–Crippen MR) is 123 cm³/mol. The fourth-order valence-electron chi connectivity index (χ4n) is 4.13. The second-order valence-electron chi connectivity index (χ2n) is 7.78. The summed E-state index contributed by atoms with van der Waals surface area (Å²) < 4.78 is 0. The molecule has 0 saturated heterocycles. The van der Waals surface area contributed by atoms with E-state index in [0.717, 1.165) is 29.5 Å². The van der Waals surface area contributed by atoms with Crippen molar-refractivity contribution in [3.05, 3.63) is 108 Å². The molecular formula is C27H29NO3. The van der Waals surface area contributed by atoms with Crippen molar-refractivity contribution in [1.29, 1.82) is 0 Å². The van der Waals surface area contributed by atoms with Crippen LogP contribution in [0.2, 0.25) is 0 Å². The van der Waals surface area contributed by atoms with Crippen LogP contribution >= 0.6 is 0 Å². The number of carboxylic acid groups (broad SMARTS) is 1. The van der Waals surface area contributed by atoms with Crippen LogP contribution in [-0.4, -0.2) is 23.0 Å². The second-order valence-corrected chi connectivity index (χ2v) is 7.78. The van der Waals surface area contributed by atoms with Gasteiger partial charge in [-0.25, -0.2) is 4.79 Å². The van der Waals surface area contributed by atoms with E-state index in [2.05, 4.69) is 5.32 Å². The Morgan fingerprint density at radius 1 is 0.806 bits per heavy atom. The van der Waals surface area contributed by atoms with Gasteiger partial charge in [-0.3, -0.25) is 4.79 Å². The molecule has 0 spiro atoms. The lowest BCUT2D eigenvalue weighted by Gasteiger charge is -2.36. The molecule has 0 heterocycles. The molecule has 0 aliphatic rings. The number of rotatable bonds is 10. The Kier molecular flexibility index (Phi) is 7.60. The zero-order valence-electron chi connectivity index (χ0n) is 17.8. The lowest BCUT2D eigenvalue weighted by molar-refractivity contribution is -0.142. The van der Waals surface area contributed by atoms with Gasteiger partial charge in [-0.1, -0.05) is 111 Å². The van der Waals surface area contributed by atoms with Crippen molar-refractivity contribution in [3.63, 3.8) is 0 Å². The lowest BCUT2D eigenvalue weighted by Crippen LogP contribution is -2.44. The summed E-state index contributed by atoms with van der Waals surface area (Å²) in [5.41, 5.74) is 2.23. The van der Waals surface area contributed by atoms with Crippen molar-refractivity contribution < 1.29 is 14.7 Å². The molecule has 0 unspecified atom stereocenters. The van der Waals surface area contributed by atoms with Crippen LogP contribution in [0.5, 0.6) is 0 Å². The lowest BCUT2D eigenvalue weighted by atomic mass is 9.67. The summed E-state index contributed by atoms with van der Waals surface area (Å²) in [5.74, 6) is -1.27. The Bertz CT molecular complexity index is 874. The Morgan fingerprint density at radius 2 is 1.23 bits per heavy atom. The zero-order chi connectivity index (χ0) is 22.1. The van der Waals surface area contributed by atoms with Crippen LogP contribution in [0.15, 0.2) is 91.0 Å². The number of aliphatic carboxylic acids is 1. The molecule has 1 amide bonds. The molecule has 4 nitrogen and oxygen atoms in total. The first-order valence-corrected chi connectivity index (χ1v) is 10.8. The first kappa shape index (κ1) is 22.3. The highest BCUT2D eigenvalue weighted by Gasteiger charge is 2.39. The van der Waals surface area contributed by atoms with E-state index in [1.54, 1.807) is 0 Å². The largest absolute Gasteiger partial charge is 0.480 e. The topological polar surface area (TPSA) is 66.4 Å². The van der Waals surface area contributed by atoms with E-state index in [9.17, 15) is 14.7 Å².